The molecular formula is C15H18N2O. The van der Waals surface area contributed by atoms with Crippen molar-refractivity contribution in [1.82, 2.24) is 9.88 Å². The Balaban J connectivity index is 1.89. The largest absolute Gasteiger partial charge is 0.371 e. The molecule has 3 heteroatoms. The fraction of sp³-hybridized carbons (Fsp3) is 0.333. The van der Waals surface area contributed by atoms with Crippen molar-refractivity contribution in [2.45, 2.75) is 6.10 Å². The van der Waals surface area contributed by atoms with Crippen molar-refractivity contribution < 1.29 is 4.74 Å². The van der Waals surface area contributed by atoms with E-state index in [9.17, 15) is 0 Å². The third kappa shape index (κ3) is 2.07. The van der Waals surface area contributed by atoms with Gasteiger partial charge in [0.2, 0.25) is 0 Å². The maximum atomic E-state index is 5.93. The first-order chi connectivity index (χ1) is 8.88. The number of ether oxygens (including phenoxy) is 1. The number of benzene rings is 1. The SMILES string of the molecule is C=CCN1CCOC(c2cccc3[nH]ccc23)C1. The number of hydrogen-bond donors (Lipinski definition) is 1. The summed E-state index contributed by atoms with van der Waals surface area (Å²) in [5, 5.41) is 1.27. The van der Waals surface area contributed by atoms with Gasteiger partial charge >= 0.3 is 0 Å². The lowest BCUT2D eigenvalue weighted by Gasteiger charge is -2.32. The highest BCUT2D eigenvalue weighted by Crippen LogP contribution is 2.28. The number of aromatic amines is 1. The van der Waals surface area contributed by atoms with Crippen LogP contribution in [0.1, 0.15) is 11.7 Å². The van der Waals surface area contributed by atoms with E-state index in [1.165, 1.54) is 16.5 Å². The van der Waals surface area contributed by atoms with Crippen molar-refractivity contribution in [3.05, 3.63) is 48.7 Å². The van der Waals surface area contributed by atoms with Crippen molar-refractivity contribution in [3.8, 4) is 0 Å². The van der Waals surface area contributed by atoms with Gasteiger partial charge < -0.3 is 9.72 Å². The molecule has 0 spiro atoms. The van der Waals surface area contributed by atoms with Crippen LogP contribution < -0.4 is 0 Å². The van der Waals surface area contributed by atoms with Gasteiger partial charge in [0.05, 0.1) is 12.7 Å². The molecule has 0 amide bonds. The molecule has 18 heavy (non-hydrogen) atoms. The Hall–Kier alpha value is -1.58. The highest BCUT2D eigenvalue weighted by molar-refractivity contribution is 5.83. The zero-order valence-corrected chi connectivity index (χ0v) is 10.4. The number of hydrogen-bond acceptors (Lipinski definition) is 2. The van der Waals surface area contributed by atoms with E-state index in [2.05, 4.69) is 40.7 Å². The molecule has 2 heterocycles. The third-order valence-corrected chi connectivity index (χ3v) is 3.51. The molecule has 3 nitrogen and oxygen atoms in total. The molecule has 94 valence electrons. The Kier molecular flexibility index (Phi) is 3.17. The van der Waals surface area contributed by atoms with Gasteiger partial charge in [-0.2, -0.15) is 0 Å². The van der Waals surface area contributed by atoms with E-state index in [1.807, 2.05) is 12.3 Å². The molecule has 1 aliphatic heterocycles. The highest BCUT2D eigenvalue weighted by Gasteiger charge is 2.22. The molecule has 1 N–H and O–H groups in total. The van der Waals surface area contributed by atoms with Crippen LogP contribution >= 0.6 is 0 Å². The highest BCUT2D eigenvalue weighted by atomic mass is 16.5. The first-order valence-electron chi connectivity index (χ1n) is 6.39. The number of nitrogens with zero attached hydrogens (tertiary/aromatic N) is 1. The van der Waals surface area contributed by atoms with Crippen LogP contribution in [0.25, 0.3) is 10.9 Å². The van der Waals surface area contributed by atoms with Crippen molar-refractivity contribution in [2.24, 2.45) is 0 Å². The van der Waals surface area contributed by atoms with Crippen LogP contribution in [-0.2, 0) is 4.74 Å². The lowest BCUT2D eigenvalue weighted by Crippen LogP contribution is -2.38. The quantitative estimate of drug-likeness (QED) is 0.838. The number of nitrogens with one attached hydrogen (secondary N) is 1. The van der Waals surface area contributed by atoms with E-state index in [-0.39, 0.29) is 6.10 Å². The molecule has 1 aliphatic rings. The van der Waals surface area contributed by atoms with Crippen LogP contribution in [0.2, 0.25) is 0 Å². The lowest BCUT2D eigenvalue weighted by atomic mass is 10.0. The van der Waals surface area contributed by atoms with Crippen LogP contribution in [0.3, 0.4) is 0 Å². The predicted octanol–water partition coefficient (Wildman–Crippen LogP) is 2.73. The molecular weight excluding hydrogens is 224 g/mol. The minimum absolute atomic E-state index is 0.165. The summed E-state index contributed by atoms with van der Waals surface area (Å²) in [5.74, 6) is 0. The molecule has 3 rings (SSSR count). The molecule has 2 aromatic rings. The van der Waals surface area contributed by atoms with Crippen LogP contribution in [0.5, 0.6) is 0 Å². The van der Waals surface area contributed by atoms with Crippen molar-refractivity contribution in [2.75, 3.05) is 26.2 Å². The van der Waals surface area contributed by atoms with Gasteiger partial charge in [-0.25, -0.2) is 0 Å². The van der Waals surface area contributed by atoms with Crippen molar-refractivity contribution in [3.63, 3.8) is 0 Å². The fourth-order valence-electron chi connectivity index (χ4n) is 2.63. The van der Waals surface area contributed by atoms with E-state index in [1.54, 1.807) is 0 Å². The molecule has 1 unspecified atom stereocenters. The minimum atomic E-state index is 0.165. The number of H-pyrrole nitrogens is 1. The normalized spacial score (nSPS) is 21.2. The lowest BCUT2D eigenvalue weighted by molar-refractivity contribution is -0.0252. The topological polar surface area (TPSA) is 28.3 Å². The van der Waals surface area contributed by atoms with Crippen molar-refractivity contribution >= 4 is 10.9 Å². The summed E-state index contributed by atoms with van der Waals surface area (Å²) in [6.45, 7) is 7.46. The summed E-state index contributed by atoms with van der Waals surface area (Å²) >= 11 is 0. The second-order valence-electron chi connectivity index (χ2n) is 4.69. The van der Waals surface area contributed by atoms with Crippen molar-refractivity contribution in [1.29, 1.82) is 0 Å². The van der Waals surface area contributed by atoms with Gasteiger partial charge in [0, 0.05) is 36.7 Å². The van der Waals surface area contributed by atoms with E-state index >= 15 is 0 Å². The van der Waals surface area contributed by atoms with Gasteiger partial charge in [-0.15, -0.1) is 6.58 Å². The summed E-state index contributed by atoms with van der Waals surface area (Å²) in [4.78, 5) is 5.63. The molecule has 0 saturated carbocycles. The summed E-state index contributed by atoms with van der Waals surface area (Å²) in [5.41, 5.74) is 2.46. The van der Waals surface area contributed by atoms with E-state index in [4.69, 9.17) is 4.74 Å². The van der Waals surface area contributed by atoms with Gasteiger partial charge in [0.1, 0.15) is 0 Å². The number of morpholine rings is 1. The Morgan fingerprint density at radius 2 is 2.39 bits per heavy atom. The molecule has 0 bridgehead atoms. The number of aromatic nitrogens is 1. The smallest absolute Gasteiger partial charge is 0.0959 e. The van der Waals surface area contributed by atoms with Gasteiger partial charge in [-0.3, -0.25) is 4.90 Å². The first-order valence-corrected chi connectivity index (χ1v) is 6.39. The predicted molar refractivity (Wildman–Crippen MR) is 73.6 cm³/mol. The standard InChI is InChI=1S/C15H18N2O/c1-2-8-17-9-10-18-15(11-17)13-4-3-5-14-12(13)6-7-16-14/h2-7,15-16H,1,8-11H2. The maximum absolute atomic E-state index is 5.93. The Morgan fingerprint density at radius 3 is 3.28 bits per heavy atom. The maximum Gasteiger partial charge on any atom is 0.0959 e. The van der Waals surface area contributed by atoms with Crippen LogP contribution in [-0.4, -0.2) is 36.1 Å². The zero-order chi connectivity index (χ0) is 12.4. The molecule has 0 radical (unpaired) electrons. The average Bonchev–Trinajstić information content (AvgIpc) is 2.87. The Labute approximate surface area is 107 Å². The van der Waals surface area contributed by atoms with Crippen LogP contribution in [0.15, 0.2) is 43.1 Å². The number of rotatable bonds is 3. The van der Waals surface area contributed by atoms with Gasteiger partial charge in [-0.1, -0.05) is 18.2 Å². The van der Waals surface area contributed by atoms with E-state index < -0.39 is 0 Å². The molecule has 1 fully saturated rings. The summed E-state index contributed by atoms with van der Waals surface area (Å²) in [7, 11) is 0. The zero-order valence-electron chi connectivity index (χ0n) is 10.4. The van der Waals surface area contributed by atoms with E-state index in [0.29, 0.717) is 0 Å². The second kappa shape index (κ2) is 4.96. The monoisotopic (exact) mass is 242 g/mol. The van der Waals surface area contributed by atoms with Gasteiger partial charge in [0.15, 0.2) is 0 Å². The first kappa shape index (κ1) is 11.5. The fourth-order valence-corrected chi connectivity index (χ4v) is 2.63. The molecule has 1 atom stereocenters. The average molecular weight is 242 g/mol. The second-order valence-corrected chi connectivity index (χ2v) is 4.69. The number of fused-ring (bicyclic) bond motifs is 1. The van der Waals surface area contributed by atoms with Gasteiger partial charge in [0.25, 0.3) is 0 Å². The minimum Gasteiger partial charge on any atom is -0.371 e. The van der Waals surface area contributed by atoms with Crippen LogP contribution in [0.4, 0.5) is 0 Å². The Bertz CT molecular complexity index is 546. The van der Waals surface area contributed by atoms with Crippen LogP contribution in [0, 0.1) is 0 Å². The molecule has 1 aromatic heterocycles. The Morgan fingerprint density at radius 1 is 1.44 bits per heavy atom. The molecule has 1 aromatic carbocycles. The summed E-state index contributed by atoms with van der Waals surface area (Å²) in [6.07, 6.45) is 4.11. The van der Waals surface area contributed by atoms with Gasteiger partial charge in [-0.05, 0) is 17.7 Å². The summed E-state index contributed by atoms with van der Waals surface area (Å²) in [6, 6.07) is 8.48. The van der Waals surface area contributed by atoms with E-state index in [0.717, 1.165) is 26.2 Å². The third-order valence-electron chi connectivity index (χ3n) is 3.51. The molecule has 1 saturated heterocycles. The summed E-state index contributed by atoms with van der Waals surface area (Å²) < 4.78 is 5.93. The molecule has 0 aliphatic carbocycles.